The number of anilines is 1. The number of rotatable bonds is 16. The van der Waals surface area contributed by atoms with Crippen molar-refractivity contribution in [3.63, 3.8) is 0 Å². The molecule has 0 saturated carbocycles. The normalized spacial score (nSPS) is 22.5. The van der Waals surface area contributed by atoms with Gasteiger partial charge in [0.25, 0.3) is 0 Å². The van der Waals surface area contributed by atoms with Crippen molar-refractivity contribution in [3.05, 3.63) is 90.4 Å². The molecule has 0 amide bonds. The summed E-state index contributed by atoms with van der Waals surface area (Å²) in [7, 11) is -4.57. The standard InChI is InChI=1S/C35H42N7O9P/c1-4-23(5-2)18-41(22(3)33(44)45)52(47,51-25-14-10-7-11-15-25)48-19-27-30(43)31(49-34(46)29(37)24-12-8-6-9-13-24)35(20-36,50-27)28-17-16-26-32(38)39-21-40-42(26)28/h6-17,21-23,27,29-31,43H,4-5,18-19,37H2,1-3H3,(H,44,45)(H2,38,39,40)/t22?,27-,29?,30-,31-,35+,52+/m1/s1. The highest BCUT2D eigenvalue weighted by molar-refractivity contribution is 7.51. The van der Waals surface area contributed by atoms with Gasteiger partial charge in [-0.15, -0.1) is 0 Å². The minimum atomic E-state index is -4.57. The summed E-state index contributed by atoms with van der Waals surface area (Å²) in [5, 5.41) is 36.9. The van der Waals surface area contributed by atoms with Crippen molar-refractivity contribution in [2.45, 2.75) is 69.6 Å². The van der Waals surface area contributed by atoms with Crippen LogP contribution in [0, 0.1) is 17.2 Å². The van der Waals surface area contributed by atoms with Crippen LogP contribution in [0.25, 0.3) is 5.52 Å². The molecule has 1 fully saturated rings. The number of nitriles is 1. The number of aromatic nitrogens is 3. The average Bonchev–Trinajstić information content (AvgIpc) is 3.71. The van der Waals surface area contributed by atoms with E-state index in [2.05, 4.69) is 16.2 Å². The Morgan fingerprint density at radius 3 is 2.38 bits per heavy atom. The number of carbonyl (C=O) groups excluding carboxylic acids is 1. The van der Waals surface area contributed by atoms with Gasteiger partial charge in [0.15, 0.2) is 11.9 Å². The Morgan fingerprint density at radius 2 is 1.77 bits per heavy atom. The number of nitrogen functional groups attached to an aromatic ring is 1. The van der Waals surface area contributed by atoms with Crippen molar-refractivity contribution in [1.82, 2.24) is 19.3 Å². The Balaban J connectivity index is 1.54. The smallest absolute Gasteiger partial charge is 0.462 e. The molecule has 16 nitrogen and oxygen atoms in total. The van der Waals surface area contributed by atoms with Crippen LogP contribution < -0.4 is 16.0 Å². The number of para-hydroxylation sites is 1. The molecule has 4 aromatic rings. The number of esters is 1. The van der Waals surface area contributed by atoms with Crippen LogP contribution in [0.2, 0.25) is 0 Å². The van der Waals surface area contributed by atoms with Crippen molar-refractivity contribution in [2.24, 2.45) is 11.7 Å². The van der Waals surface area contributed by atoms with Crippen molar-refractivity contribution in [2.75, 3.05) is 18.9 Å². The predicted octanol–water partition coefficient (Wildman–Crippen LogP) is 3.82. The topological polar surface area (TPSA) is 238 Å². The third-order valence-corrected chi connectivity index (χ3v) is 11.3. The van der Waals surface area contributed by atoms with Gasteiger partial charge in [0.1, 0.15) is 48.0 Å². The Morgan fingerprint density at radius 1 is 1.12 bits per heavy atom. The monoisotopic (exact) mass is 735 g/mol. The zero-order valence-electron chi connectivity index (χ0n) is 28.9. The van der Waals surface area contributed by atoms with E-state index >= 15 is 0 Å². The van der Waals surface area contributed by atoms with Crippen LogP contribution in [0.3, 0.4) is 0 Å². The average molecular weight is 736 g/mol. The van der Waals surface area contributed by atoms with Crippen LogP contribution in [0.5, 0.6) is 5.75 Å². The van der Waals surface area contributed by atoms with Crippen LogP contribution in [-0.4, -0.2) is 78.9 Å². The number of benzene rings is 2. The number of carboxylic acid groups (broad SMARTS) is 1. The minimum absolute atomic E-state index is 0.0327. The summed E-state index contributed by atoms with van der Waals surface area (Å²) >= 11 is 0. The molecule has 0 bridgehead atoms. The van der Waals surface area contributed by atoms with E-state index in [0.29, 0.717) is 23.9 Å². The maximum absolute atomic E-state index is 14.9. The summed E-state index contributed by atoms with van der Waals surface area (Å²) in [6, 6.07) is 18.9. The lowest BCUT2D eigenvalue weighted by Crippen LogP contribution is -2.46. The number of carboxylic acids is 1. The number of nitrogens with zero attached hydrogens (tertiary/aromatic N) is 5. The molecular weight excluding hydrogens is 693 g/mol. The van der Waals surface area contributed by atoms with Gasteiger partial charge in [-0.2, -0.15) is 15.0 Å². The second-order valence-corrected chi connectivity index (χ2v) is 14.3. The summed E-state index contributed by atoms with van der Waals surface area (Å²) in [4.78, 5) is 29.8. The molecule has 6 N–H and O–H groups in total. The van der Waals surface area contributed by atoms with Crippen LogP contribution in [0.15, 0.2) is 79.1 Å². The second kappa shape index (κ2) is 16.2. The zero-order chi connectivity index (χ0) is 37.6. The van der Waals surface area contributed by atoms with Gasteiger partial charge in [0.2, 0.25) is 5.60 Å². The third-order valence-electron chi connectivity index (χ3n) is 9.20. The van der Waals surface area contributed by atoms with Gasteiger partial charge in [0, 0.05) is 6.54 Å². The Labute approximate surface area is 300 Å². The first-order valence-corrected chi connectivity index (χ1v) is 18.2. The molecule has 7 atom stereocenters. The molecule has 276 valence electrons. The molecule has 0 aliphatic carbocycles. The number of aliphatic hydroxyl groups excluding tert-OH is 1. The van der Waals surface area contributed by atoms with E-state index in [1.54, 1.807) is 48.5 Å². The molecule has 1 aliphatic heterocycles. The molecule has 2 unspecified atom stereocenters. The molecule has 1 saturated heterocycles. The van der Waals surface area contributed by atoms with Gasteiger partial charge in [-0.05, 0) is 42.7 Å². The summed E-state index contributed by atoms with van der Waals surface area (Å²) in [6.07, 6.45) is -2.53. The Bertz CT molecular complexity index is 1940. The van der Waals surface area contributed by atoms with E-state index in [4.69, 9.17) is 30.0 Å². The maximum atomic E-state index is 14.9. The van der Waals surface area contributed by atoms with Crippen molar-refractivity contribution < 1.29 is 42.9 Å². The number of aliphatic hydroxyl groups is 1. The van der Waals surface area contributed by atoms with Gasteiger partial charge < -0.3 is 35.7 Å². The zero-order valence-corrected chi connectivity index (χ0v) is 29.8. The number of hydrogen-bond acceptors (Lipinski definition) is 13. The van der Waals surface area contributed by atoms with Crippen LogP contribution in [0.4, 0.5) is 5.82 Å². The molecule has 1 aliphatic rings. The SMILES string of the molecule is CCC(CC)CN(C(C)C(=O)O)[P@](=O)(OC[C@H]1O[C@@](C#N)(c2ccc3c(N)ncnn23)[C@H](OC(=O)C(N)c2ccccc2)[C@@H]1O)Oc1ccccc1. The molecule has 52 heavy (non-hydrogen) atoms. The predicted molar refractivity (Wildman–Crippen MR) is 187 cm³/mol. The highest BCUT2D eigenvalue weighted by Gasteiger charge is 2.61. The van der Waals surface area contributed by atoms with Gasteiger partial charge >= 0.3 is 19.7 Å². The van der Waals surface area contributed by atoms with Crippen molar-refractivity contribution in [3.8, 4) is 11.8 Å². The van der Waals surface area contributed by atoms with Gasteiger partial charge in [-0.1, -0.05) is 75.2 Å². The fraction of sp³-hybridized carbons (Fsp3) is 0.400. The first-order chi connectivity index (χ1) is 24.9. The highest BCUT2D eigenvalue weighted by atomic mass is 31.2. The number of fused-ring (bicyclic) bond motifs is 1. The molecule has 2 aromatic heterocycles. The summed E-state index contributed by atoms with van der Waals surface area (Å²) in [5.41, 5.74) is 10.8. The largest absolute Gasteiger partial charge is 0.480 e. The highest BCUT2D eigenvalue weighted by Crippen LogP contribution is 2.55. The first-order valence-electron chi connectivity index (χ1n) is 16.7. The second-order valence-electron chi connectivity index (χ2n) is 12.4. The summed E-state index contributed by atoms with van der Waals surface area (Å²) in [5.74, 6) is -2.10. The fourth-order valence-corrected chi connectivity index (χ4v) is 8.01. The maximum Gasteiger partial charge on any atom is 0.462 e. The summed E-state index contributed by atoms with van der Waals surface area (Å²) in [6.45, 7) is 4.57. The van der Waals surface area contributed by atoms with E-state index in [1.165, 1.54) is 35.7 Å². The van der Waals surface area contributed by atoms with E-state index in [-0.39, 0.29) is 29.7 Å². The molecule has 3 heterocycles. The van der Waals surface area contributed by atoms with E-state index in [1.807, 2.05) is 13.8 Å². The van der Waals surface area contributed by atoms with E-state index in [0.717, 1.165) is 11.0 Å². The number of ether oxygens (including phenoxy) is 2. The Hall–Kier alpha value is -4.88. The minimum Gasteiger partial charge on any atom is -0.480 e. The number of aliphatic carboxylic acids is 1. The fourth-order valence-electron chi connectivity index (χ4n) is 6.02. The first kappa shape index (κ1) is 38.4. The lowest BCUT2D eigenvalue weighted by molar-refractivity contribution is -0.162. The molecule has 0 spiro atoms. The number of nitrogens with two attached hydrogens (primary N) is 2. The van der Waals surface area contributed by atoms with Crippen LogP contribution in [0.1, 0.15) is 50.9 Å². The van der Waals surface area contributed by atoms with Gasteiger partial charge in [-0.25, -0.2) is 18.9 Å². The molecular formula is C35H42N7O9P. The third kappa shape index (κ3) is 7.65. The Kier molecular flexibility index (Phi) is 12.0. The molecule has 2 aromatic carbocycles. The van der Waals surface area contributed by atoms with Crippen LogP contribution in [-0.2, 0) is 33.8 Å². The van der Waals surface area contributed by atoms with Gasteiger partial charge in [0.05, 0.1) is 12.3 Å². The molecule has 5 rings (SSSR count). The van der Waals surface area contributed by atoms with E-state index < -0.39 is 62.3 Å². The lowest BCUT2D eigenvalue weighted by Gasteiger charge is -2.35. The van der Waals surface area contributed by atoms with E-state index in [9.17, 15) is 29.6 Å². The van der Waals surface area contributed by atoms with Gasteiger partial charge in [-0.3, -0.25) is 9.32 Å². The van der Waals surface area contributed by atoms with Crippen LogP contribution >= 0.6 is 7.75 Å². The summed E-state index contributed by atoms with van der Waals surface area (Å²) < 4.78 is 41.4. The van der Waals surface area contributed by atoms with Crippen molar-refractivity contribution >= 4 is 31.0 Å². The molecule has 17 heteroatoms. The van der Waals surface area contributed by atoms with Crippen molar-refractivity contribution in [1.29, 1.82) is 5.26 Å². The lowest BCUT2D eigenvalue weighted by atomic mass is 9.92. The molecule has 0 radical (unpaired) electrons. The number of carbonyl (C=O) groups is 2. The quantitative estimate of drug-likeness (QED) is 0.0945. The number of hydrogen-bond donors (Lipinski definition) is 4.